The second kappa shape index (κ2) is 5.38. The molecule has 7 nitrogen and oxygen atoms in total. The van der Waals surface area contributed by atoms with Gasteiger partial charge in [0, 0.05) is 12.1 Å². The molecule has 120 valence electrons. The van der Waals surface area contributed by atoms with Gasteiger partial charge in [0.2, 0.25) is 0 Å². The van der Waals surface area contributed by atoms with Crippen LogP contribution in [0.4, 0.5) is 5.69 Å². The van der Waals surface area contributed by atoms with Crippen LogP contribution in [0, 0.1) is 0 Å². The molecule has 3 aromatic rings. The van der Waals surface area contributed by atoms with Gasteiger partial charge in [-0.15, -0.1) is 0 Å². The molecule has 2 heterocycles. The maximum Gasteiger partial charge on any atom is 0.339 e. The van der Waals surface area contributed by atoms with E-state index in [2.05, 4.69) is 15.3 Å². The molecular weight excluding hydrogens is 310 g/mol. The van der Waals surface area contributed by atoms with Gasteiger partial charge >= 0.3 is 11.7 Å². The quantitative estimate of drug-likeness (QED) is 0.623. The van der Waals surface area contributed by atoms with Crippen LogP contribution >= 0.6 is 0 Å². The maximum absolute atomic E-state index is 12.4. The summed E-state index contributed by atoms with van der Waals surface area (Å²) in [6, 6.07) is 12.1. The van der Waals surface area contributed by atoms with Gasteiger partial charge in [-0.05, 0) is 29.8 Å². The molecule has 7 heteroatoms. The first-order valence-corrected chi connectivity index (χ1v) is 7.42. The predicted molar refractivity (Wildman–Crippen MR) is 86.9 cm³/mol. The first-order valence-electron chi connectivity index (χ1n) is 7.42. The fraction of sp³-hybridized carbons (Fsp3) is 0.118. The fourth-order valence-corrected chi connectivity index (χ4v) is 2.81. The molecule has 0 aliphatic carbocycles. The molecule has 2 aromatic carbocycles. The van der Waals surface area contributed by atoms with Crippen molar-refractivity contribution in [3.63, 3.8) is 0 Å². The highest BCUT2D eigenvalue weighted by Crippen LogP contribution is 2.22. The van der Waals surface area contributed by atoms with E-state index in [1.54, 1.807) is 30.3 Å². The van der Waals surface area contributed by atoms with Crippen LogP contribution in [0.15, 0.2) is 47.3 Å². The van der Waals surface area contributed by atoms with E-state index in [9.17, 15) is 14.4 Å². The van der Waals surface area contributed by atoms with Crippen molar-refractivity contribution < 1.29 is 14.3 Å². The van der Waals surface area contributed by atoms with E-state index in [-0.39, 0.29) is 5.69 Å². The molecule has 24 heavy (non-hydrogen) atoms. The van der Waals surface area contributed by atoms with Crippen LogP contribution in [0.25, 0.3) is 11.0 Å². The fourth-order valence-electron chi connectivity index (χ4n) is 2.81. The number of carbonyl (C=O) groups excluding carboxylic acids is 2. The SMILES string of the molecule is O=C1OC(C(=O)Nc2ccc3[nH]c(=O)[nH]c3c2)Cc2ccccc21. The van der Waals surface area contributed by atoms with Crippen molar-refractivity contribution in [3.8, 4) is 0 Å². The third-order valence-electron chi connectivity index (χ3n) is 3.97. The number of amides is 1. The van der Waals surface area contributed by atoms with E-state index < -0.39 is 18.0 Å². The molecular formula is C17H13N3O4. The molecule has 0 radical (unpaired) electrons. The van der Waals surface area contributed by atoms with Crippen LogP contribution in [0.2, 0.25) is 0 Å². The largest absolute Gasteiger partial charge is 0.448 e. The number of anilines is 1. The van der Waals surface area contributed by atoms with Gasteiger partial charge in [-0.25, -0.2) is 9.59 Å². The lowest BCUT2D eigenvalue weighted by molar-refractivity contribution is -0.125. The van der Waals surface area contributed by atoms with Crippen molar-refractivity contribution in [3.05, 3.63) is 64.1 Å². The van der Waals surface area contributed by atoms with E-state index in [4.69, 9.17) is 4.74 Å². The van der Waals surface area contributed by atoms with E-state index in [1.807, 2.05) is 12.1 Å². The van der Waals surface area contributed by atoms with Gasteiger partial charge in [-0.1, -0.05) is 18.2 Å². The highest BCUT2D eigenvalue weighted by atomic mass is 16.5. The van der Waals surface area contributed by atoms with Gasteiger partial charge in [0.15, 0.2) is 6.10 Å². The summed E-state index contributed by atoms with van der Waals surface area (Å²) < 4.78 is 5.22. The van der Waals surface area contributed by atoms with E-state index in [0.29, 0.717) is 28.7 Å². The molecule has 1 atom stereocenters. The number of benzene rings is 2. The van der Waals surface area contributed by atoms with Crippen molar-refractivity contribution in [2.24, 2.45) is 0 Å². The minimum atomic E-state index is -0.881. The summed E-state index contributed by atoms with van der Waals surface area (Å²) in [5, 5.41) is 2.71. The number of fused-ring (bicyclic) bond motifs is 2. The van der Waals surface area contributed by atoms with Gasteiger partial charge in [0.25, 0.3) is 5.91 Å². The van der Waals surface area contributed by atoms with E-state index >= 15 is 0 Å². The first kappa shape index (κ1) is 14.3. The van der Waals surface area contributed by atoms with Crippen LogP contribution in [-0.4, -0.2) is 27.9 Å². The molecule has 0 saturated carbocycles. The van der Waals surface area contributed by atoms with Crippen LogP contribution in [0.1, 0.15) is 15.9 Å². The zero-order valence-corrected chi connectivity index (χ0v) is 12.5. The van der Waals surface area contributed by atoms with Gasteiger partial charge in [-0.3, -0.25) is 4.79 Å². The van der Waals surface area contributed by atoms with Crippen molar-refractivity contribution >= 4 is 28.6 Å². The molecule has 1 aliphatic heterocycles. The van der Waals surface area contributed by atoms with Crippen LogP contribution < -0.4 is 11.0 Å². The summed E-state index contributed by atoms with van der Waals surface area (Å²) in [5.41, 5.74) is 2.72. The summed E-state index contributed by atoms with van der Waals surface area (Å²) in [6.07, 6.45) is -0.551. The monoisotopic (exact) mass is 323 g/mol. The molecule has 1 amide bonds. The number of hydrogen-bond donors (Lipinski definition) is 3. The number of hydrogen-bond acceptors (Lipinski definition) is 4. The Bertz CT molecular complexity index is 1020. The summed E-state index contributed by atoms with van der Waals surface area (Å²) in [4.78, 5) is 40.9. The zero-order valence-electron chi connectivity index (χ0n) is 12.5. The number of ether oxygens (including phenoxy) is 1. The minimum Gasteiger partial charge on any atom is -0.448 e. The van der Waals surface area contributed by atoms with Crippen molar-refractivity contribution in [2.45, 2.75) is 12.5 Å². The Kier molecular flexibility index (Phi) is 3.19. The molecule has 3 N–H and O–H groups in total. The number of esters is 1. The molecule has 0 bridgehead atoms. The number of imidazole rings is 1. The zero-order chi connectivity index (χ0) is 16.7. The second-order valence-corrected chi connectivity index (χ2v) is 5.58. The lowest BCUT2D eigenvalue weighted by Crippen LogP contribution is -2.37. The Morgan fingerprint density at radius 2 is 1.88 bits per heavy atom. The number of rotatable bonds is 2. The summed E-state index contributed by atoms with van der Waals surface area (Å²) in [7, 11) is 0. The number of aromatic amines is 2. The number of cyclic esters (lactones) is 1. The van der Waals surface area contributed by atoms with Crippen molar-refractivity contribution in [2.75, 3.05) is 5.32 Å². The predicted octanol–water partition coefficient (Wildman–Crippen LogP) is 1.58. The van der Waals surface area contributed by atoms with Gasteiger partial charge in [-0.2, -0.15) is 0 Å². The molecule has 1 aromatic heterocycles. The molecule has 4 rings (SSSR count). The van der Waals surface area contributed by atoms with Crippen molar-refractivity contribution in [1.82, 2.24) is 9.97 Å². The van der Waals surface area contributed by atoms with E-state index in [0.717, 1.165) is 5.56 Å². The average molecular weight is 323 g/mol. The standard InChI is InChI=1S/C17H13N3O4/c21-15(14-7-9-3-1-2-4-11(9)16(22)24-14)18-10-5-6-12-13(8-10)20-17(23)19-12/h1-6,8,14H,7H2,(H,18,21)(H2,19,20,23). The summed E-state index contributed by atoms with van der Waals surface area (Å²) in [6.45, 7) is 0. The molecule has 1 unspecified atom stereocenters. The molecule has 0 fully saturated rings. The normalized spacial score (nSPS) is 16.5. The molecule has 0 spiro atoms. The molecule has 0 saturated heterocycles. The van der Waals surface area contributed by atoms with Crippen molar-refractivity contribution in [1.29, 1.82) is 0 Å². The lowest BCUT2D eigenvalue weighted by atomic mass is 9.98. The Morgan fingerprint density at radius 3 is 2.75 bits per heavy atom. The minimum absolute atomic E-state index is 0.314. The average Bonchev–Trinajstić information content (AvgIpc) is 2.94. The number of nitrogens with one attached hydrogen (secondary N) is 3. The highest BCUT2D eigenvalue weighted by Gasteiger charge is 2.31. The highest BCUT2D eigenvalue weighted by molar-refractivity contribution is 6.00. The summed E-state index contributed by atoms with van der Waals surface area (Å²) >= 11 is 0. The van der Waals surface area contributed by atoms with Gasteiger partial charge < -0.3 is 20.0 Å². The lowest BCUT2D eigenvalue weighted by Gasteiger charge is -2.23. The number of carbonyl (C=O) groups is 2. The van der Waals surface area contributed by atoms with Gasteiger partial charge in [0.05, 0.1) is 16.6 Å². The van der Waals surface area contributed by atoms with Crippen LogP contribution in [0.5, 0.6) is 0 Å². The Balaban J connectivity index is 1.55. The third-order valence-corrected chi connectivity index (χ3v) is 3.97. The first-order chi connectivity index (χ1) is 11.6. The number of aromatic nitrogens is 2. The topological polar surface area (TPSA) is 104 Å². The Labute approximate surface area is 135 Å². The summed E-state index contributed by atoms with van der Waals surface area (Å²) in [5.74, 6) is -0.905. The van der Waals surface area contributed by atoms with Crippen LogP contribution in [0.3, 0.4) is 0 Å². The van der Waals surface area contributed by atoms with Crippen LogP contribution in [-0.2, 0) is 16.0 Å². The Hall–Kier alpha value is -3.35. The number of H-pyrrole nitrogens is 2. The molecule has 1 aliphatic rings. The van der Waals surface area contributed by atoms with Gasteiger partial charge in [0.1, 0.15) is 0 Å². The smallest absolute Gasteiger partial charge is 0.339 e. The van der Waals surface area contributed by atoms with E-state index in [1.165, 1.54) is 0 Å². The second-order valence-electron chi connectivity index (χ2n) is 5.58. The maximum atomic E-state index is 12.4. The third kappa shape index (κ3) is 2.45. The Morgan fingerprint density at radius 1 is 1.08 bits per heavy atom.